The molecule has 0 saturated carbocycles. The Morgan fingerprint density at radius 3 is 2.62 bits per heavy atom. The molecule has 3 aromatic heterocycles. The molecular formula is C38H46N8O4. The van der Waals surface area contributed by atoms with Crippen LogP contribution in [0.5, 0.6) is 0 Å². The number of carbonyl (C=O) groups is 1. The number of aromatic nitrogens is 3. The van der Waals surface area contributed by atoms with Crippen molar-refractivity contribution in [2.45, 2.75) is 64.3 Å². The van der Waals surface area contributed by atoms with Gasteiger partial charge >= 0.3 is 0 Å². The van der Waals surface area contributed by atoms with Crippen molar-refractivity contribution in [3.8, 4) is 11.1 Å². The highest BCUT2D eigenvalue weighted by molar-refractivity contribution is 6.08. The van der Waals surface area contributed by atoms with Crippen LogP contribution in [0.1, 0.15) is 45.1 Å². The summed E-state index contributed by atoms with van der Waals surface area (Å²) in [5.74, 6) is 0.652. The third-order valence-electron chi connectivity index (χ3n) is 10.3. The average Bonchev–Trinajstić information content (AvgIpc) is 3.18. The SMILES string of the molecule is C=C1/C=C2/C(=O)N(c3nccc(-c4cc(Nc5ccc(N6C[C@@H](C)N(C7COC7)C[C@@H]6C)cn5)c(=O)n(C)c4)c3CO)C=CN2CCCCC1. The van der Waals surface area contributed by atoms with E-state index in [-0.39, 0.29) is 18.1 Å². The van der Waals surface area contributed by atoms with Gasteiger partial charge in [0.25, 0.3) is 11.5 Å². The van der Waals surface area contributed by atoms with E-state index < -0.39 is 0 Å². The highest BCUT2D eigenvalue weighted by Crippen LogP contribution is 2.34. The third kappa shape index (κ3) is 6.58. The largest absolute Gasteiger partial charge is 0.392 e. The maximum Gasteiger partial charge on any atom is 0.280 e. The van der Waals surface area contributed by atoms with Crippen LogP contribution in [0, 0.1) is 0 Å². The molecule has 50 heavy (non-hydrogen) atoms. The predicted octanol–water partition coefficient (Wildman–Crippen LogP) is 4.51. The molecule has 0 bridgehead atoms. The maximum absolute atomic E-state index is 13.9. The number of aliphatic hydroxyl groups excluding tert-OH is 1. The van der Waals surface area contributed by atoms with Crippen molar-refractivity contribution in [2.75, 3.05) is 48.0 Å². The van der Waals surface area contributed by atoms with E-state index in [0.717, 1.165) is 69.8 Å². The van der Waals surface area contributed by atoms with Crippen molar-refractivity contribution in [2.24, 2.45) is 7.05 Å². The average molecular weight is 679 g/mol. The molecule has 4 aliphatic heterocycles. The molecular weight excluding hydrogens is 632 g/mol. The molecule has 3 aromatic rings. The van der Waals surface area contributed by atoms with Crippen LogP contribution in [0.15, 0.2) is 84.0 Å². The van der Waals surface area contributed by atoms with Gasteiger partial charge in [-0.25, -0.2) is 9.97 Å². The highest BCUT2D eigenvalue weighted by atomic mass is 16.5. The molecule has 7 heterocycles. The molecule has 0 aliphatic carbocycles. The highest BCUT2D eigenvalue weighted by Gasteiger charge is 2.36. The Labute approximate surface area is 293 Å². The van der Waals surface area contributed by atoms with Gasteiger partial charge in [-0.05, 0) is 69.0 Å². The van der Waals surface area contributed by atoms with E-state index in [0.29, 0.717) is 57.8 Å². The minimum atomic E-state index is -0.361. The van der Waals surface area contributed by atoms with E-state index >= 15 is 0 Å². The van der Waals surface area contributed by atoms with E-state index in [1.54, 1.807) is 37.8 Å². The van der Waals surface area contributed by atoms with E-state index in [4.69, 9.17) is 4.74 Å². The van der Waals surface area contributed by atoms with Gasteiger partial charge in [-0.15, -0.1) is 0 Å². The Bertz CT molecular complexity index is 1880. The number of pyridine rings is 3. The smallest absolute Gasteiger partial charge is 0.280 e. The number of fused-ring (bicyclic) bond motifs is 1. The van der Waals surface area contributed by atoms with Gasteiger partial charge in [0.2, 0.25) is 0 Å². The lowest BCUT2D eigenvalue weighted by Gasteiger charge is -2.50. The van der Waals surface area contributed by atoms with Crippen molar-refractivity contribution in [1.82, 2.24) is 24.3 Å². The maximum atomic E-state index is 13.9. The molecule has 2 atom stereocenters. The minimum Gasteiger partial charge on any atom is -0.392 e. The van der Waals surface area contributed by atoms with Crippen LogP contribution < -0.4 is 20.7 Å². The number of amides is 1. The quantitative estimate of drug-likeness (QED) is 0.370. The lowest BCUT2D eigenvalue weighted by atomic mass is 10.0. The van der Waals surface area contributed by atoms with Crippen LogP contribution in [-0.4, -0.2) is 86.3 Å². The lowest BCUT2D eigenvalue weighted by Crippen LogP contribution is -2.63. The minimum absolute atomic E-state index is 0.223. The molecule has 0 radical (unpaired) electrons. The summed E-state index contributed by atoms with van der Waals surface area (Å²) in [5, 5.41) is 13.9. The molecule has 7 rings (SSSR count). The van der Waals surface area contributed by atoms with Crippen molar-refractivity contribution in [1.29, 1.82) is 0 Å². The number of carbonyl (C=O) groups excluding carboxylic acids is 1. The van der Waals surface area contributed by atoms with E-state index in [2.05, 4.69) is 45.5 Å². The summed E-state index contributed by atoms with van der Waals surface area (Å²) < 4.78 is 6.94. The van der Waals surface area contributed by atoms with Crippen LogP contribution >= 0.6 is 0 Å². The summed E-state index contributed by atoms with van der Waals surface area (Å²) in [4.78, 5) is 44.9. The first-order chi connectivity index (χ1) is 24.2. The van der Waals surface area contributed by atoms with Crippen LogP contribution in [0.3, 0.4) is 0 Å². The van der Waals surface area contributed by atoms with Gasteiger partial charge in [-0.1, -0.05) is 18.6 Å². The lowest BCUT2D eigenvalue weighted by molar-refractivity contribution is -0.116. The molecule has 2 N–H and O–H groups in total. The number of aryl methyl sites for hydroxylation is 1. The Kier molecular flexibility index (Phi) is 9.58. The third-order valence-corrected chi connectivity index (χ3v) is 10.3. The van der Waals surface area contributed by atoms with Gasteiger partial charge in [-0.3, -0.25) is 19.4 Å². The van der Waals surface area contributed by atoms with Crippen LogP contribution in [0.2, 0.25) is 0 Å². The standard InChI is InChI=1S/C38H46N8O4/c1-25-8-6-5-7-13-43-14-15-44(38(49)34(43)16-25)36-32(22-47)31(11-12-39-36)28-17-33(37(48)42(4)21-28)41-35-10-9-29(18-40-35)45-19-27(3)46(20-26(45)2)30-23-50-24-30/h9-12,14-18,21,26-27,30,47H,1,5-8,13,19-20,22-24H2,2-4H3,(H,40,41)/b34-16-/t26-,27+/m0/s1. The molecule has 0 aromatic carbocycles. The summed E-state index contributed by atoms with van der Waals surface area (Å²) in [6.45, 7) is 12.6. The number of rotatable bonds is 7. The van der Waals surface area contributed by atoms with Gasteiger partial charge < -0.3 is 29.5 Å². The monoisotopic (exact) mass is 678 g/mol. The second-order valence-electron chi connectivity index (χ2n) is 13.8. The molecule has 12 nitrogen and oxygen atoms in total. The van der Waals surface area contributed by atoms with Gasteiger partial charge in [-0.2, -0.15) is 0 Å². The number of nitrogens with one attached hydrogen (secondary N) is 1. The van der Waals surface area contributed by atoms with Crippen LogP contribution in [0.4, 0.5) is 23.0 Å². The Hall–Kier alpha value is -4.78. The van der Waals surface area contributed by atoms with Crippen LogP contribution in [0.25, 0.3) is 11.1 Å². The van der Waals surface area contributed by atoms with Gasteiger partial charge in [0, 0.05) is 74.7 Å². The molecule has 0 unspecified atom stereocenters. The Morgan fingerprint density at radius 2 is 1.88 bits per heavy atom. The van der Waals surface area contributed by atoms with Crippen molar-refractivity contribution < 1.29 is 14.6 Å². The number of nitrogens with zero attached hydrogens (tertiary/aromatic N) is 7. The summed E-state index contributed by atoms with van der Waals surface area (Å²) in [5.41, 5.74) is 4.42. The zero-order valence-corrected chi connectivity index (χ0v) is 29.1. The van der Waals surface area contributed by atoms with Crippen molar-refractivity contribution in [3.63, 3.8) is 0 Å². The first-order valence-corrected chi connectivity index (χ1v) is 17.5. The van der Waals surface area contributed by atoms with E-state index in [9.17, 15) is 14.7 Å². The predicted molar refractivity (Wildman–Crippen MR) is 195 cm³/mol. The first kappa shape index (κ1) is 33.7. The van der Waals surface area contributed by atoms with Crippen LogP contribution in [-0.2, 0) is 23.2 Å². The number of hydrogen-bond donors (Lipinski definition) is 2. The van der Waals surface area contributed by atoms with Crippen molar-refractivity contribution >= 4 is 28.9 Å². The molecule has 262 valence electrons. The molecule has 12 heteroatoms. The number of hydrogen-bond acceptors (Lipinski definition) is 10. The zero-order chi connectivity index (χ0) is 34.9. The Balaban J connectivity index is 1.14. The number of anilines is 4. The molecule has 2 saturated heterocycles. The number of allylic oxidation sites excluding steroid dienone is 2. The summed E-state index contributed by atoms with van der Waals surface area (Å²) in [6, 6.07) is 8.72. The first-order valence-electron chi connectivity index (χ1n) is 17.5. The fourth-order valence-electron chi connectivity index (χ4n) is 7.39. The fraction of sp³-hybridized carbons (Fsp3) is 0.421. The number of ether oxygens (including phenoxy) is 1. The van der Waals surface area contributed by atoms with Gasteiger partial charge in [0.05, 0.1) is 37.7 Å². The van der Waals surface area contributed by atoms with E-state index in [1.165, 1.54) is 9.47 Å². The second kappa shape index (κ2) is 14.2. The number of piperazine rings is 1. The molecule has 4 aliphatic rings. The van der Waals surface area contributed by atoms with Gasteiger partial charge in [0.1, 0.15) is 23.0 Å². The summed E-state index contributed by atoms with van der Waals surface area (Å²) >= 11 is 0. The number of aliphatic hydroxyl groups is 1. The van der Waals surface area contributed by atoms with Gasteiger partial charge in [0.15, 0.2) is 0 Å². The topological polar surface area (TPSA) is 119 Å². The van der Waals surface area contributed by atoms with E-state index in [1.807, 2.05) is 35.5 Å². The fourth-order valence-corrected chi connectivity index (χ4v) is 7.39. The second-order valence-corrected chi connectivity index (χ2v) is 13.8. The zero-order valence-electron chi connectivity index (χ0n) is 29.1. The summed E-state index contributed by atoms with van der Waals surface area (Å²) in [7, 11) is 1.69. The summed E-state index contributed by atoms with van der Waals surface area (Å²) in [6.07, 6.45) is 14.6. The normalized spacial score (nSPS) is 23.0. The molecule has 1 amide bonds. The molecule has 2 fully saturated rings. The Morgan fingerprint density at radius 1 is 1.04 bits per heavy atom. The van der Waals surface area contributed by atoms with Crippen molar-refractivity contribution in [3.05, 3.63) is 95.1 Å². The molecule has 0 spiro atoms.